The van der Waals surface area contributed by atoms with Gasteiger partial charge in [0, 0.05) is 17.3 Å². The van der Waals surface area contributed by atoms with Gasteiger partial charge in [0.15, 0.2) is 6.61 Å². The molecule has 5 rings (SSSR count). The van der Waals surface area contributed by atoms with E-state index in [0.717, 1.165) is 17.6 Å². The molecular weight excluding hydrogens is 459 g/mol. The Balaban J connectivity index is 1.34. The van der Waals surface area contributed by atoms with Crippen LogP contribution in [0.25, 0.3) is 0 Å². The van der Waals surface area contributed by atoms with Crippen LogP contribution in [0.3, 0.4) is 0 Å². The van der Waals surface area contributed by atoms with Gasteiger partial charge in [-0.15, -0.1) is 0 Å². The molecule has 2 aliphatic carbocycles. The molecule has 35 heavy (non-hydrogen) atoms. The van der Waals surface area contributed by atoms with Crippen molar-refractivity contribution in [2.75, 3.05) is 11.9 Å². The number of allylic oxidation sites excluding steroid dienone is 2. The Hall–Kier alpha value is -4.41. The normalized spacial score (nSPS) is 24.3. The highest BCUT2D eigenvalue weighted by Crippen LogP contribution is 2.52. The van der Waals surface area contributed by atoms with Crippen LogP contribution in [0, 0.1) is 39.6 Å². The van der Waals surface area contributed by atoms with Gasteiger partial charge < -0.3 is 10.1 Å². The fourth-order valence-corrected chi connectivity index (χ4v) is 4.93. The van der Waals surface area contributed by atoms with E-state index in [1.54, 1.807) is 0 Å². The molecule has 0 unspecified atom stereocenters. The molecule has 1 saturated carbocycles. The lowest BCUT2D eigenvalue weighted by Crippen LogP contribution is -2.28. The van der Waals surface area contributed by atoms with Crippen LogP contribution >= 0.6 is 0 Å². The van der Waals surface area contributed by atoms with Gasteiger partial charge in [-0.1, -0.05) is 18.2 Å². The fourth-order valence-electron chi connectivity index (χ4n) is 4.93. The molecule has 0 radical (unpaired) electrons. The number of nitro benzene ring substituents is 1. The Morgan fingerprint density at radius 2 is 1.80 bits per heavy atom. The van der Waals surface area contributed by atoms with Crippen molar-refractivity contribution in [1.82, 2.24) is 5.01 Å². The molecule has 2 aromatic carbocycles. The second-order valence-electron chi connectivity index (χ2n) is 8.53. The average molecular weight is 478 g/mol. The van der Waals surface area contributed by atoms with E-state index < -0.39 is 40.8 Å². The molecule has 4 atom stereocenters. The molecule has 2 bridgehead atoms. The van der Waals surface area contributed by atoms with Crippen LogP contribution in [0.5, 0.6) is 5.75 Å². The number of nitrogens with one attached hydrogen (secondary N) is 1. The molecule has 2 fully saturated rings. The van der Waals surface area contributed by atoms with Crippen molar-refractivity contribution < 1.29 is 28.4 Å². The summed E-state index contributed by atoms with van der Waals surface area (Å²) >= 11 is 0. The molecule has 2 aromatic rings. The van der Waals surface area contributed by atoms with Gasteiger partial charge in [-0.05, 0) is 48.6 Å². The van der Waals surface area contributed by atoms with Crippen molar-refractivity contribution in [1.29, 1.82) is 0 Å². The molecule has 3 amide bonds. The minimum Gasteiger partial charge on any atom is -0.476 e. The summed E-state index contributed by atoms with van der Waals surface area (Å²) in [5.41, 5.74) is 0.0265. The van der Waals surface area contributed by atoms with Crippen LogP contribution in [0.15, 0.2) is 59.7 Å². The molecule has 11 heteroatoms. The summed E-state index contributed by atoms with van der Waals surface area (Å²) in [7, 11) is 0. The van der Waals surface area contributed by atoms with E-state index in [9.17, 15) is 28.9 Å². The zero-order chi connectivity index (χ0) is 24.7. The fraction of sp³-hybridized carbons (Fsp3) is 0.250. The number of amides is 3. The summed E-state index contributed by atoms with van der Waals surface area (Å²) in [6.07, 6.45) is 5.86. The summed E-state index contributed by atoms with van der Waals surface area (Å²) in [5, 5.41) is 18.9. The van der Waals surface area contributed by atoms with Crippen molar-refractivity contribution in [3.8, 4) is 5.75 Å². The summed E-state index contributed by atoms with van der Waals surface area (Å²) in [4.78, 5) is 48.8. The van der Waals surface area contributed by atoms with Crippen molar-refractivity contribution in [3.63, 3.8) is 0 Å². The number of halogens is 1. The number of rotatable bonds is 7. The van der Waals surface area contributed by atoms with Gasteiger partial charge in [0.1, 0.15) is 5.82 Å². The Kier molecular flexibility index (Phi) is 5.59. The Morgan fingerprint density at radius 3 is 2.43 bits per heavy atom. The standard InChI is InChI=1S/C24H19FN4O6/c25-16-6-8-17(9-7-16)27-19(30)12-35-22-15(2-1-3-18(22)29(33)34)11-26-28-23(31)20-13-4-5-14(10-13)21(20)24(28)32/h1-9,11,13-14,20-21H,10,12H2,(H,27,30)/t13-,14-,20-,21+/m0/s1. The van der Waals surface area contributed by atoms with Crippen LogP contribution in [-0.2, 0) is 14.4 Å². The number of fused-ring (bicyclic) bond motifs is 5. The monoisotopic (exact) mass is 478 g/mol. The van der Waals surface area contributed by atoms with Crippen LogP contribution in [0.1, 0.15) is 12.0 Å². The number of anilines is 1. The molecule has 0 aromatic heterocycles. The average Bonchev–Trinajstić information content (AvgIpc) is 3.52. The smallest absolute Gasteiger partial charge is 0.311 e. The number of hydrazone groups is 1. The molecule has 178 valence electrons. The molecule has 1 N–H and O–H groups in total. The number of carbonyl (C=O) groups excluding carboxylic acids is 3. The molecule has 0 spiro atoms. The molecule has 3 aliphatic rings. The summed E-state index contributed by atoms with van der Waals surface area (Å²) in [5.74, 6) is -2.91. The van der Waals surface area contributed by atoms with Crippen molar-refractivity contribution in [2.45, 2.75) is 6.42 Å². The summed E-state index contributed by atoms with van der Waals surface area (Å²) in [6.45, 7) is -0.580. The van der Waals surface area contributed by atoms with E-state index in [1.807, 2.05) is 12.2 Å². The minimum absolute atomic E-state index is 0.0259. The number of hydrogen-bond acceptors (Lipinski definition) is 7. The van der Waals surface area contributed by atoms with Gasteiger partial charge in [0.25, 0.3) is 17.7 Å². The quantitative estimate of drug-likeness (QED) is 0.214. The first-order valence-electron chi connectivity index (χ1n) is 10.9. The van der Waals surface area contributed by atoms with E-state index in [0.29, 0.717) is 5.69 Å². The number of para-hydroxylation sites is 1. The number of carbonyl (C=O) groups is 3. The zero-order valence-corrected chi connectivity index (χ0v) is 18.2. The third-order valence-electron chi connectivity index (χ3n) is 6.46. The second-order valence-corrected chi connectivity index (χ2v) is 8.53. The molecular formula is C24H19FN4O6. The molecule has 10 nitrogen and oxygen atoms in total. The predicted octanol–water partition coefficient (Wildman–Crippen LogP) is 2.89. The Bertz CT molecular complexity index is 1260. The first-order valence-corrected chi connectivity index (χ1v) is 10.9. The number of ether oxygens (including phenoxy) is 1. The third-order valence-corrected chi connectivity index (χ3v) is 6.46. The SMILES string of the molecule is O=C(COc1c(C=NN2C(=O)[C@@H]3[C@H](C2=O)[C@H]2C=C[C@H]3C2)cccc1[N+](=O)[O-])Nc1ccc(F)cc1. The number of nitrogens with zero attached hydrogens (tertiary/aromatic N) is 3. The van der Waals surface area contributed by atoms with E-state index in [1.165, 1.54) is 42.5 Å². The topological polar surface area (TPSA) is 131 Å². The van der Waals surface area contributed by atoms with E-state index in [4.69, 9.17) is 4.74 Å². The van der Waals surface area contributed by atoms with Gasteiger partial charge in [-0.25, -0.2) is 4.39 Å². The van der Waals surface area contributed by atoms with E-state index >= 15 is 0 Å². The Labute approximate surface area is 198 Å². The summed E-state index contributed by atoms with van der Waals surface area (Å²) < 4.78 is 18.5. The van der Waals surface area contributed by atoms with Gasteiger partial charge in [-0.2, -0.15) is 10.1 Å². The predicted molar refractivity (Wildman–Crippen MR) is 121 cm³/mol. The Morgan fingerprint density at radius 1 is 1.14 bits per heavy atom. The van der Waals surface area contributed by atoms with Gasteiger partial charge in [0.05, 0.1) is 23.0 Å². The first-order chi connectivity index (χ1) is 16.8. The molecule has 1 aliphatic heterocycles. The van der Waals surface area contributed by atoms with Crippen LogP contribution in [0.4, 0.5) is 15.8 Å². The lowest BCUT2D eigenvalue weighted by atomic mass is 9.85. The van der Waals surface area contributed by atoms with Gasteiger partial charge >= 0.3 is 5.69 Å². The highest BCUT2D eigenvalue weighted by atomic mass is 19.1. The van der Waals surface area contributed by atoms with Gasteiger partial charge in [0.2, 0.25) is 5.75 Å². The highest BCUT2D eigenvalue weighted by Gasteiger charge is 2.59. The third kappa shape index (κ3) is 4.05. The lowest BCUT2D eigenvalue weighted by Gasteiger charge is -2.13. The summed E-state index contributed by atoms with van der Waals surface area (Å²) in [6, 6.07) is 9.12. The van der Waals surface area contributed by atoms with Crippen LogP contribution in [0.2, 0.25) is 0 Å². The van der Waals surface area contributed by atoms with Crippen molar-refractivity contribution >= 4 is 35.3 Å². The van der Waals surface area contributed by atoms with Crippen LogP contribution in [-0.4, -0.2) is 40.5 Å². The number of benzene rings is 2. The lowest BCUT2D eigenvalue weighted by molar-refractivity contribution is -0.385. The number of hydrogen-bond donors (Lipinski definition) is 1. The largest absolute Gasteiger partial charge is 0.476 e. The maximum atomic E-state index is 13.0. The van der Waals surface area contributed by atoms with Crippen molar-refractivity contribution in [2.24, 2.45) is 28.8 Å². The highest BCUT2D eigenvalue weighted by molar-refractivity contribution is 6.07. The zero-order valence-electron chi connectivity index (χ0n) is 18.2. The first kappa shape index (κ1) is 22.4. The second kappa shape index (κ2) is 8.75. The maximum absolute atomic E-state index is 13.0. The van der Waals surface area contributed by atoms with Crippen molar-refractivity contribution in [3.05, 3.63) is 76.1 Å². The van der Waals surface area contributed by atoms with Crippen LogP contribution < -0.4 is 10.1 Å². The molecule has 1 saturated heterocycles. The van der Waals surface area contributed by atoms with E-state index in [2.05, 4.69) is 10.4 Å². The number of nitro groups is 1. The van der Waals surface area contributed by atoms with Gasteiger partial charge in [-0.3, -0.25) is 24.5 Å². The minimum atomic E-state index is -0.676. The maximum Gasteiger partial charge on any atom is 0.311 e. The van der Waals surface area contributed by atoms with E-state index in [-0.39, 0.29) is 35.0 Å². The number of imide groups is 1. The molecule has 1 heterocycles.